The van der Waals surface area contributed by atoms with Gasteiger partial charge < -0.3 is 15.0 Å². The van der Waals surface area contributed by atoms with Crippen molar-refractivity contribution < 1.29 is 9.53 Å². The highest BCUT2D eigenvalue weighted by atomic mass is 35.5. The van der Waals surface area contributed by atoms with Crippen molar-refractivity contribution in [1.29, 1.82) is 0 Å². The maximum atomic E-state index is 12.4. The van der Waals surface area contributed by atoms with E-state index in [0.29, 0.717) is 11.8 Å². The molecule has 7 heteroatoms. The van der Waals surface area contributed by atoms with Gasteiger partial charge in [0.15, 0.2) is 0 Å². The summed E-state index contributed by atoms with van der Waals surface area (Å²) in [4.78, 5) is 17.0. The first-order valence-electron chi connectivity index (χ1n) is 8.15. The molecule has 22 heavy (non-hydrogen) atoms. The first-order chi connectivity index (χ1) is 9.83. The van der Waals surface area contributed by atoms with Crippen LogP contribution in [0.1, 0.15) is 25.7 Å². The first-order valence-corrected chi connectivity index (χ1v) is 8.15. The van der Waals surface area contributed by atoms with Gasteiger partial charge in [-0.25, -0.2) is 0 Å². The highest BCUT2D eigenvalue weighted by Gasteiger charge is 2.29. The van der Waals surface area contributed by atoms with Crippen molar-refractivity contribution in [3.8, 4) is 0 Å². The molecule has 1 amide bonds. The average molecular weight is 354 g/mol. The fourth-order valence-corrected chi connectivity index (χ4v) is 3.53. The molecule has 3 aliphatic rings. The molecule has 2 atom stereocenters. The summed E-state index contributed by atoms with van der Waals surface area (Å²) >= 11 is 0. The molecule has 0 aromatic rings. The van der Waals surface area contributed by atoms with E-state index in [9.17, 15) is 4.79 Å². The minimum absolute atomic E-state index is 0. The first kappa shape index (κ1) is 20.0. The number of ether oxygens (including phenoxy) is 1. The van der Waals surface area contributed by atoms with E-state index < -0.39 is 0 Å². The van der Waals surface area contributed by atoms with Gasteiger partial charge in [-0.2, -0.15) is 0 Å². The third-order valence-electron chi connectivity index (χ3n) is 4.83. The summed E-state index contributed by atoms with van der Waals surface area (Å²) in [5.74, 6) is 1.03. The minimum atomic E-state index is 0. The molecule has 0 spiro atoms. The third-order valence-corrected chi connectivity index (χ3v) is 4.83. The summed E-state index contributed by atoms with van der Waals surface area (Å²) in [6.45, 7) is 7.82. The number of carbonyl (C=O) groups is 1. The summed E-state index contributed by atoms with van der Waals surface area (Å²) in [6, 6.07) is 0.0820. The monoisotopic (exact) mass is 353 g/mol. The molecule has 0 saturated carbocycles. The Morgan fingerprint density at radius 3 is 2.45 bits per heavy atom. The Kier molecular flexibility index (Phi) is 9.02. The van der Waals surface area contributed by atoms with Crippen molar-refractivity contribution in [2.45, 2.75) is 31.7 Å². The molecule has 3 aliphatic heterocycles. The van der Waals surface area contributed by atoms with Crippen molar-refractivity contribution in [1.82, 2.24) is 15.1 Å². The van der Waals surface area contributed by atoms with E-state index in [1.54, 1.807) is 0 Å². The van der Waals surface area contributed by atoms with E-state index in [1.165, 1.54) is 19.3 Å². The molecule has 3 rings (SSSR count). The highest BCUT2D eigenvalue weighted by molar-refractivity contribution is 5.85. The summed E-state index contributed by atoms with van der Waals surface area (Å²) in [6.07, 6.45) is 4.61. The normalized spacial score (nSPS) is 29.5. The van der Waals surface area contributed by atoms with Crippen molar-refractivity contribution >= 4 is 30.7 Å². The van der Waals surface area contributed by atoms with Crippen LogP contribution in [0.2, 0.25) is 0 Å². The van der Waals surface area contributed by atoms with Gasteiger partial charge in [-0.05, 0) is 31.7 Å². The van der Waals surface area contributed by atoms with Crippen LogP contribution < -0.4 is 5.32 Å². The number of halogens is 2. The molecule has 0 aromatic heterocycles. The fourth-order valence-electron chi connectivity index (χ4n) is 3.53. The smallest absolute Gasteiger partial charge is 0.239 e. The molecular weight excluding hydrogens is 325 g/mol. The molecule has 0 bridgehead atoms. The summed E-state index contributed by atoms with van der Waals surface area (Å²) in [5, 5.41) is 3.36. The second-order valence-electron chi connectivity index (χ2n) is 6.36. The van der Waals surface area contributed by atoms with E-state index in [4.69, 9.17) is 4.74 Å². The molecular formula is C15H29Cl2N3O2. The van der Waals surface area contributed by atoms with Crippen LogP contribution in [0.5, 0.6) is 0 Å². The van der Waals surface area contributed by atoms with Crippen LogP contribution in [0.25, 0.3) is 0 Å². The van der Waals surface area contributed by atoms with Crippen molar-refractivity contribution in [3.05, 3.63) is 0 Å². The standard InChI is InChI=1S/C15H27N3O2.2ClH/c19-15(14-3-1-2-5-16-14)18-8-6-17(7-9-18)11-13-4-10-20-12-13;;/h13-14,16H,1-12H2;2*1H/t13?,14-;;/m1../s1. The maximum Gasteiger partial charge on any atom is 0.239 e. The Bertz CT molecular complexity index is 327. The molecule has 0 radical (unpaired) electrons. The van der Waals surface area contributed by atoms with Crippen molar-refractivity contribution in [2.24, 2.45) is 5.92 Å². The van der Waals surface area contributed by atoms with Gasteiger partial charge in [0.05, 0.1) is 12.6 Å². The van der Waals surface area contributed by atoms with Gasteiger partial charge in [0.25, 0.3) is 0 Å². The molecule has 0 aromatic carbocycles. The van der Waals surface area contributed by atoms with Crippen LogP contribution in [0.4, 0.5) is 0 Å². The number of hydrogen-bond donors (Lipinski definition) is 1. The summed E-state index contributed by atoms with van der Waals surface area (Å²) in [7, 11) is 0. The van der Waals surface area contributed by atoms with Gasteiger partial charge >= 0.3 is 0 Å². The van der Waals surface area contributed by atoms with Crippen molar-refractivity contribution in [2.75, 3.05) is 52.5 Å². The molecule has 3 heterocycles. The number of piperidine rings is 1. The zero-order chi connectivity index (χ0) is 13.8. The Hall–Kier alpha value is -0.0700. The lowest BCUT2D eigenvalue weighted by Crippen LogP contribution is -2.55. The largest absolute Gasteiger partial charge is 0.381 e. The van der Waals surface area contributed by atoms with E-state index in [0.717, 1.165) is 58.9 Å². The van der Waals surface area contributed by atoms with E-state index in [2.05, 4.69) is 15.1 Å². The van der Waals surface area contributed by atoms with Gasteiger partial charge in [-0.15, -0.1) is 24.8 Å². The Balaban J connectivity index is 0.00000121. The van der Waals surface area contributed by atoms with Crippen LogP contribution >= 0.6 is 24.8 Å². The van der Waals surface area contributed by atoms with Gasteiger partial charge in [0.2, 0.25) is 5.91 Å². The van der Waals surface area contributed by atoms with E-state index >= 15 is 0 Å². The minimum Gasteiger partial charge on any atom is -0.381 e. The Morgan fingerprint density at radius 1 is 1.09 bits per heavy atom. The predicted octanol–water partition coefficient (Wildman–Crippen LogP) is 1.15. The van der Waals surface area contributed by atoms with E-state index in [1.807, 2.05) is 0 Å². The van der Waals surface area contributed by atoms with Gasteiger partial charge in [-0.1, -0.05) is 6.42 Å². The number of amides is 1. The number of nitrogens with zero attached hydrogens (tertiary/aromatic N) is 2. The molecule has 0 aliphatic carbocycles. The summed E-state index contributed by atoms with van der Waals surface area (Å²) in [5.41, 5.74) is 0. The Morgan fingerprint density at radius 2 is 1.86 bits per heavy atom. The van der Waals surface area contributed by atoms with Gasteiger partial charge in [-0.3, -0.25) is 9.69 Å². The number of piperazine rings is 1. The maximum absolute atomic E-state index is 12.4. The Labute approximate surface area is 145 Å². The molecule has 3 saturated heterocycles. The third kappa shape index (κ3) is 5.24. The lowest BCUT2D eigenvalue weighted by Gasteiger charge is -2.38. The molecule has 1 N–H and O–H groups in total. The van der Waals surface area contributed by atoms with E-state index in [-0.39, 0.29) is 30.9 Å². The fraction of sp³-hybridized carbons (Fsp3) is 0.933. The average Bonchev–Trinajstić information content (AvgIpc) is 3.01. The molecule has 1 unspecified atom stereocenters. The number of nitrogens with one attached hydrogen (secondary N) is 1. The topological polar surface area (TPSA) is 44.8 Å². The van der Waals surface area contributed by atoms with Gasteiger partial charge in [0, 0.05) is 39.3 Å². The quantitative estimate of drug-likeness (QED) is 0.826. The number of rotatable bonds is 3. The van der Waals surface area contributed by atoms with Crippen LogP contribution in [0.3, 0.4) is 0 Å². The second-order valence-corrected chi connectivity index (χ2v) is 6.36. The van der Waals surface area contributed by atoms with Crippen molar-refractivity contribution in [3.63, 3.8) is 0 Å². The molecule has 130 valence electrons. The molecule has 5 nitrogen and oxygen atoms in total. The number of hydrogen-bond acceptors (Lipinski definition) is 4. The van der Waals surface area contributed by atoms with Crippen LogP contribution in [-0.4, -0.2) is 74.2 Å². The van der Waals surface area contributed by atoms with Gasteiger partial charge in [0.1, 0.15) is 0 Å². The number of carbonyl (C=O) groups excluding carboxylic acids is 1. The van der Waals surface area contributed by atoms with Crippen LogP contribution in [0.15, 0.2) is 0 Å². The highest BCUT2D eigenvalue weighted by Crippen LogP contribution is 2.16. The lowest BCUT2D eigenvalue weighted by atomic mass is 10.0. The summed E-state index contributed by atoms with van der Waals surface area (Å²) < 4.78 is 5.44. The predicted molar refractivity (Wildman–Crippen MR) is 92.1 cm³/mol. The lowest BCUT2D eigenvalue weighted by molar-refractivity contribution is -0.135. The van der Waals surface area contributed by atoms with Crippen LogP contribution in [0, 0.1) is 5.92 Å². The zero-order valence-electron chi connectivity index (χ0n) is 13.2. The zero-order valence-corrected chi connectivity index (χ0v) is 14.8. The van der Waals surface area contributed by atoms with Crippen LogP contribution in [-0.2, 0) is 9.53 Å². The molecule has 3 fully saturated rings. The SMILES string of the molecule is Cl.Cl.O=C([C@H]1CCCCN1)N1CCN(CC2CCOC2)CC1. The second kappa shape index (κ2) is 9.93.